The molecule has 0 saturated heterocycles. The van der Waals surface area contributed by atoms with Crippen molar-refractivity contribution in [3.63, 3.8) is 0 Å². The van der Waals surface area contributed by atoms with Gasteiger partial charge in [-0.3, -0.25) is 9.59 Å². The summed E-state index contributed by atoms with van der Waals surface area (Å²) in [7, 11) is 0. The molecule has 1 heterocycles. The third kappa shape index (κ3) is 4.96. The van der Waals surface area contributed by atoms with Gasteiger partial charge in [0.2, 0.25) is 11.8 Å². The second kappa shape index (κ2) is 9.79. The van der Waals surface area contributed by atoms with Gasteiger partial charge in [0.25, 0.3) is 0 Å². The molecule has 0 spiro atoms. The first-order chi connectivity index (χ1) is 15.9. The van der Waals surface area contributed by atoms with Gasteiger partial charge in [0, 0.05) is 23.0 Å². The van der Waals surface area contributed by atoms with Crippen molar-refractivity contribution >= 4 is 22.7 Å². The molecule has 0 radical (unpaired) electrons. The molecule has 0 bridgehead atoms. The van der Waals surface area contributed by atoms with Crippen molar-refractivity contribution < 1.29 is 9.59 Å². The summed E-state index contributed by atoms with van der Waals surface area (Å²) in [6, 6.07) is 17.9. The van der Waals surface area contributed by atoms with Gasteiger partial charge in [0.05, 0.1) is 0 Å². The zero-order valence-corrected chi connectivity index (χ0v) is 19.5. The van der Waals surface area contributed by atoms with E-state index in [0.29, 0.717) is 19.4 Å². The highest BCUT2D eigenvalue weighted by Gasteiger charge is 2.43. The Bertz CT molecular complexity index is 1120. The molecular weight excluding hydrogens is 412 g/mol. The van der Waals surface area contributed by atoms with Crippen LogP contribution in [0.1, 0.15) is 43.5 Å². The molecule has 1 aromatic heterocycles. The Balaban J connectivity index is 1.56. The van der Waals surface area contributed by atoms with Gasteiger partial charge in [-0.25, -0.2) is 0 Å². The Morgan fingerprint density at radius 2 is 1.82 bits per heavy atom. The number of nitrogens with two attached hydrogens (primary N) is 1. The van der Waals surface area contributed by atoms with Gasteiger partial charge in [-0.2, -0.15) is 0 Å². The Morgan fingerprint density at radius 1 is 1.09 bits per heavy atom. The minimum atomic E-state index is -0.781. The normalized spacial score (nSPS) is 18.8. The molecule has 2 aromatic carbocycles. The van der Waals surface area contributed by atoms with E-state index in [2.05, 4.69) is 39.9 Å². The molecular formula is C27H34N4O2. The van der Waals surface area contributed by atoms with Crippen molar-refractivity contribution in [2.24, 2.45) is 11.7 Å². The van der Waals surface area contributed by atoms with Gasteiger partial charge in [-0.15, -0.1) is 0 Å². The molecule has 1 aliphatic carbocycles. The number of carbonyl (C=O) groups excluding carboxylic acids is 2. The van der Waals surface area contributed by atoms with Crippen LogP contribution in [-0.4, -0.2) is 34.9 Å². The fraction of sp³-hybridized carbons (Fsp3) is 0.407. The number of primary amides is 1. The number of aromatic amines is 1. The predicted octanol–water partition coefficient (Wildman–Crippen LogP) is 3.24. The predicted molar refractivity (Wildman–Crippen MR) is 132 cm³/mol. The lowest BCUT2D eigenvalue weighted by Gasteiger charge is -2.38. The third-order valence-electron chi connectivity index (χ3n) is 6.83. The highest BCUT2D eigenvalue weighted by molar-refractivity contribution is 5.94. The fourth-order valence-corrected chi connectivity index (χ4v) is 4.94. The third-order valence-corrected chi connectivity index (χ3v) is 6.83. The van der Waals surface area contributed by atoms with Crippen LogP contribution in [0.4, 0.5) is 0 Å². The van der Waals surface area contributed by atoms with Crippen LogP contribution in [0.2, 0.25) is 0 Å². The first-order valence-electron chi connectivity index (χ1n) is 11.9. The lowest BCUT2D eigenvalue weighted by Crippen LogP contribution is -2.63. The minimum absolute atomic E-state index is 0.0752. The Kier molecular flexibility index (Phi) is 6.84. The SMILES string of the molecule is CC(C)[C@H](NC(=O)[C@]1(NCCCc2ccccc2)CCc2[nH]c3ccccc3c2C1)C(N)=O. The number of fused-ring (bicyclic) bond motifs is 3. The molecule has 6 heteroatoms. The zero-order chi connectivity index (χ0) is 23.4. The van der Waals surface area contributed by atoms with Crippen molar-refractivity contribution in [1.82, 2.24) is 15.6 Å². The summed E-state index contributed by atoms with van der Waals surface area (Å²) in [6.45, 7) is 4.51. The van der Waals surface area contributed by atoms with Crippen LogP contribution in [0.5, 0.6) is 0 Å². The number of benzene rings is 2. The summed E-state index contributed by atoms with van der Waals surface area (Å²) in [5.41, 5.74) is 9.58. The average Bonchev–Trinajstić information content (AvgIpc) is 3.18. The van der Waals surface area contributed by atoms with Gasteiger partial charge in [0.15, 0.2) is 0 Å². The average molecular weight is 447 g/mol. The summed E-state index contributed by atoms with van der Waals surface area (Å²) in [5, 5.41) is 7.73. The van der Waals surface area contributed by atoms with Crippen molar-refractivity contribution in [2.75, 3.05) is 6.54 Å². The molecule has 2 atom stereocenters. The van der Waals surface area contributed by atoms with E-state index in [1.807, 2.05) is 44.2 Å². The number of carbonyl (C=O) groups is 2. The largest absolute Gasteiger partial charge is 0.368 e. The van der Waals surface area contributed by atoms with E-state index in [-0.39, 0.29) is 11.8 Å². The van der Waals surface area contributed by atoms with E-state index >= 15 is 0 Å². The van der Waals surface area contributed by atoms with Crippen LogP contribution in [0.3, 0.4) is 0 Å². The lowest BCUT2D eigenvalue weighted by molar-refractivity contribution is -0.133. The molecule has 0 saturated carbocycles. The number of aryl methyl sites for hydroxylation is 2. The summed E-state index contributed by atoms with van der Waals surface area (Å²) in [5.74, 6) is -0.717. The summed E-state index contributed by atoms with van der Waals surface area (Å²) < 4.78 is 0. The molecule has 2 amide bonds. The van der Waals surface area contributed by atoms with Gasteiger partial charge in [-0.05, 0) is 55.3 Å². The molecule has 4 rings (SSSR count). The highest BCUT2D eigenvalue weighted by Crippen LogP contribution is 2.34. The minimum Gasteiger partial charge on any atom is -0.368 e. The molecule has 1 aliphatic rings. The molecule has 5 N–H and O–H groups in total. The van der Waals surface area contributed by atoms with Gasteiger partial charge < -0.3 is 21.4 Å². The maximum atomic E-state index is 13.7. The number of rotatable bonds is 9. The first-order valence-corrected chi connectivity index (χ1v) is 11.9. The second-order valence-corrected chi connectivity index (χ2v) is 9.50. The van der Waals surface area contributed by atoms with E-state index in [1.165, 1.54) is 16.8 Å². The molecule has 0 aliphatic heterocycles. The Labute approximate surface area is 195 Å². The smallest absolute Gasteiger partial charge is 0.241 e. The quantitative estimate of drug-likeness (QED) is 0.380. The number of para-hydroxylation sites is 1. The van der Waals surface area contributed by atoms with Gasteiger partial charge in [0.1, 0.15) is 11.6 Å². The fourth-order valence-electron chi connectivity index (χ4n) is 4.94. The van der Waals surface area contributed by atoms with E-state index in [9.17, 15) is 9.59 Å². The van der Waals surface area contributed by atoms with Crippen molar-refractivity contribution in [2.45, 2.75) is 57.5 Å². The number of amides is 2. The molecule has 3 aromatic rings. The summed E-state index contributed by atoms with van der Waals surface area (Å²) >= 11 is 0. The van der Waals surface area contributed by atoms with E-state index in [0.717, 1.165) is 30.2 Å². The van der Waals surface area contributed by atoms with E-state index < -0.39 is 17.5 Å². The standard InChI is InChI=1S/C27H34N4O2/c1-18(2)24(25(28)32)31-26(33)27(29-16-8-11-19-9-4-3-5-10-19)15-14-23-21(17-27)20-12-6-7-13-22(20)30-23/h3-7,9-10,12-13,18,24,29-30H,8,11,14-17H2,1-2H3,(H2,28,32)(H,31,33)/t24-,27-/m0/s1. The van der Waals surface area contributed by atoms with Crippen LogP contribution >= 0.6 is 0 Å². The molecule has 6 nitrogen and oxygen atoms in total. The monoisotopic (exact) mass is 446 g/mol. The number of aromatic nitrogens is 1. The van der Waals surface area contributed by atoms with Crippen LogP contribution in [0.15, 0.2) is 54.6 Å². The Hall–Kier alpha value is -3.12. The van der Waals surface area contributed by atoms with Crippen LogP contribution in [-0.2, 0) is 28.9 Å². The topological polar surface area (TPSA) is 100 Å². The van der Waals surface area contributed by atoms with Gasteiger partial charge in [-0.1, -0.05) is 62.4 Å². The highest BCUT2D eigenvalue weighted by atomic mass is 16.2. The Morgan fingerprint density at radius 3 is 2.55 bits per heavy atom. The lowest BCUT2D eigenvalue weighted by atomic mass is 9.78. The first kappa shape index (κ1) is 23.1. The summed E-state index contributed by atoms with van der Waals surface area (Å²) in [4.78, 5) is 29.2. The number of hydrogen-bond donors (Lipinski definition) is 4. The van der Waals surface area contributed by atoms with E-state index in [4.69, 9.17) is 5.73 Å². The number of H-pyrrole nitrogens is 1. The van der Waals surface area contributed by atoms with Gasteiger partial charge >= 0.3 is 0 Å². The molecule has 0 unspecified atom stereocenters. The molecule has 174 valence electrons. The van der Waals surface area contributed by atoms with Crippen LogP contribution in [0.25, 0.3) is 10.9 Å². The maximum absolute atomic E-state index is 13.7. The second-order valence-electron chi connectivity index (χ2n) is 9.50. The molecule has 33 heavy (non-hydrogen) atoms. The summed E-state index contributed by atoms with van der Waals surface area (Å²) in [6.07, 6.45) is 3.87. The van der Waals surface area contributed by atoms with Crippen molar-refractivity contribution in [3.05, 3.63) is 71.4 Å². The maximum Gasteiger partial charge on any atom is 0.241 e. The number of nitrogens with one attached hydrogen (secondary N) is 3. The van der Waals surface area contributed by atoms with Crippen LogP contribution in [0, 0.1) is 5.92 Å². The van der Waals surface area contributed by atoms with E-state index in [1.54, 1.807) is 0 Å². The van der Waals surface area contributed by atoms with Crippen molar-refractivity contribution in [3.8, 4) is 0 Å². The zero-order valence-electron chi connectivity index (χ0n) is 19.5. The van der Waals surface area contributed by atoms with Crippen LogP contribution < -0.4 is 16.4 Å². The molecule has 0 fully saturated rings. The number of hydrogen-bond acceptors (Lipinski definition) is 3. The van der Waals surface area contributed by atoms with Crippen molar-refractivity contribution in [1.29, 1.82) is 0 Å².